The molecule has 3 aromatic rings. The Hall–Kier alpha value is -2.62. The van der Waals surface area contributed by atoms with Crippen LogP contribution in [0.4, 0.5) is 0 Å². The third kappa shape index (κ3) is 4.51. The molecular formula is C16H20N6O3S. The number of aryl methyl sites for hydroxylation is 1. The van der Waals surface area contributed by atoms with E-state index in [2.05, 4.69) is 34.2 Å². The summed E-state index contributed by atoms with van der Waals surface area (Å²) >= 11 is 1.45. The highest BCUT2D eigenvalue weighted by molar-refractivity contribution is 7.98. The molecule has 1 amide bonds. The predicted octanol–water partition coefficient (Wildman–Crippen LogP) is 2.29. The molecule has 0 unspecified atom stereocenters. The molecule has 0 aliphatic rings. The predicted molar refractivity (Wildman–Crippen MR) is 93.9 cm³/mol. The fraction of sp³-hybridized carbons (Fsp3) is 0.438. The van der Waals surface area contributed by atoms with E-state index >= 15 is 0 Å². The molecule has 0 aliphatic heterocycles. The second-order valence-corrected chi connectivity index (χ2v) is 7.08. The molecule has 0 atom stereocenters. The Bertz CT molecular complexity index is 855. The molecule has 0 aromatic carbocycles. The number of carbonyl (C=O) groups is 1. The Kier molecular flexibility index (Phi) is 5.71. The molecule has 3 aromatic heterocycles. The summed E-state index contributed by atoms with van der Waals surface area (Å²) in [7, 11) is 0. The molecule has 26 heavy (non-hydrogen) atoms. The van der Waals surface area contributed by atoms with Gasteiger partial charge in [-0.3, -0.25) is 4.79 Å². The van der Waals surface area contributed by atoms with Crippen LogP contribution in [0.15, 0.2) is 32.4 Å². The van der Waals surface area contributed by atoms with Gasteiger partial charge in [-0.05, 0) is 18.1 Å². The van der Waals surface area contributed by atoms with Crippen molar-refractivity contribution in [3.8, 4) is 11.7 Å². The molecule has 0 saturated carbocycles. The summed E-state index contributed by atoms with van der Waals surface area (Å²) in [6, 6.07) is 3.52. The first-order valence-corrected chi connectivity index (χ1v) is 9.21. The molecule has 2 N–H and O–H groups in total. The first-order valence-electron chi connectivity index (χ1n) is 8.22. The summed E-state index contributed by atoms with van der Waals surface area (Å²) < 4.78 is 12.9. The van der Waals surface area contributed by atoms with Crippen LogP contribution < -0.4 is 5.73 Å². The van der Waals surface area contributed by atoms with Crippen LogP contribution in [0.1, 0.15) is 32.0 Å². The summed E-state index contributed by atoms with van der Waals surface area (Å²) in [5.41, 5.74) is 5.24. The number of rotatable bonds is 9. The molecule has 0 spiro atoms. The maximum absolute atomic E-state index is 11.0. The van der Waals surface area contributed by atoms with Crippen LogP contribution in [0.3, 0.4) is 0 Å². The van der Waals surface area contributed by atoms with Crippen LogP contribution in [0.5, 0.6) is 0 Å². The standard InChI is InChI=1S/C16H20N6O3S/c1-10(2)8-22-13(6-5-12(17)23)18-21-16(22)26-9-14-19-20-15(25-14)11-4-3-7-24-11/h3-4,7,10H,5-6,8-9H2,1-2H3,(H2,17,23). The van der Waals surface area contributed by atoms with Gasteiger partial charge in [0.1, 0.15) is 5.82 Å². The third-order valence-corrected chi connectivity index (χ3v) is 4.41. The van der Waals surface area contributed by atoms with Crippen molar-refractivity contribution in [2.24, 2.45) is 11.7 Å². The largest absolute Gasteiger partial charge is 0.459 e. The van der Waals surface area contributed by atoms with Gasteiger partial charge in [0.05, 0.1) is 12.0 Å². The van der Waals surface area contributed by atoms with Crippen LogP contribution in [0, 0.1) is 5.92 Å². The summed E-state index contributed by atoms with van der Waals surface area (Å²) in [5, 5.41) is 17.2. The number of nitrogens with zero attached hydrogens (tertiary/aromatic N) is 5. The molecule has 138 valence electrons. The SMILES string of the molecule is CC(C)Cn1c(CCC(N)=O)nnc1SCc1nnc(-c2ccco2)o1. The maximum Gasteiger partial charge on any atom is 0.283 e. The van der Waals surface area contributed by atoms with Gasteiger partial charge in [0.25, 0.3) is 5.89 Å². The quantitative estimate of drug-likeness (QED) is 0.564. The number of thioether (sulfide) groups is 1. The van der Waals surface area contributed by atoms with E-state index in [0.717, 1.165) is 17.5 Å². The summed E-state index contributed by atoms with van der Waals surface area (Å²) in [4.78, 5) is 11.0. The zero-order chi connectivity index (χ0) is 18.5. The number of amides is 1. The lowest BCUT2D eigenvalue weighted by Gasteiger charge is -2.11. The van der Waals surface area contributed by atoms with Gasteiger partial charge in [0, 0.05) is 19.4 Å². The van der Waals surface area contributed by atoms with Crippen LogP contribution in [-0.4, -0.2) is 30.9 Å². The zero-order valence-corrected chi connectivity index (χ0v) is 15.4. The smallest absolute Gasteiger partial charge is 0.283 e. The Labute approximate surface area is 154 Å². The average Bonchev–Trinajstić information content (AvgIpc) is 3.32. The summed E-state index contributed by atoms with van der Waals surface area (Å²) in [5.74, 6) is 2.61. The van der Waals surface area contributed by atoms with Crippen molar-refractivity contribution in [3.05, 3.63) is 30.1 Å². The molecule has 9 nitrogen and oxygen atoms in total. The van der Waals surface area contributed by atoms with Gasteiger partial charge < -0.3 is 19.1 Å². The highest BCUT2D eigenvalue weighted by Gasteiger charge is 2.17. The lowest BCUT2D eigenvalue weighted by atomic mass is 10.2. The van der Waals surface area contributed by atoms with Crippen molar-refractivity contribution in [1.82, 2.24) is 25.0 Å². The van der Waals surface area contributed by atoms with Gasteiger partial charge in [-0.25, -0.2) is 0 Å². The van der Waals surface area contributed by atoms with Gasteiger partial charge >= 0.3 is 0 Å². The molecule has 10 heteroatoms. The van der Waals surface area contributed by atoms with E-state index in [1.807, 2.05) is 4.57 Å². The molecule has 0 bridgehead atoms. The van der Waals surface area contributed by atoms with Crippen LogP contribution >= 0.6 is 11.8 Å². The summed E-state index contributed by atoms with van der Waals surface area (Å²) in [6.07, 6.45) is 2.27. The summed E-state index contributed by atoms with van der Waals surface area (Å²) in [6.45, 7) is 4.98. The lowest BCUT2D eigenvalue weighted by Crippen LogP contribution is -2.15. The molecule has 0 aliphatic carbocycles. The van der Waals surface area contributed by atoms with Crippen LogP contribution in [-0.2, 0) is 23.5 Å². The Morgan fingerprint density at radius 3 is 2.85 bits per heavy atom. The highest BCUT2D eigenvalue weighted by atomic mass is 32.2. The second kappa shape index (κ2) is 8.17. The number of primary amides is 1. The van der Waals surface area contributed by atoms with Crippen molar-refractivity contribution in [2.45, 2.75) is 44.1 Å². The Morgan fingerprint density at radius 2 is 2.15 bits per heavy atom. The van der Waals surface area contributed by atoms with Crippen molar-refractivity contribution in [2.75, 3.05) is 0 Å². The molecule has 0 radical (unpaired) electrons. The number of carbonyl (C=O) groups excluding carboxylic acids is 1. The maximum atomic E-state index is 11.0. The first-order chi connectivity index (χ1) is 12.5. The van der Waals surface area contributed by atoms with E-state index in [-0.39, 0.29) is 12.3 Å². The minimum atomic E-state index is -0.352. The highest BCUT2D eigenvalue weighted by Crippen LogP contribution is 2.25. The monoisotopic (exact) mass is 376 g/mol. The van der Waals surface area contributed by atoms with Crippen molar-refractivity contribution in [3.63, 3.8) is 0 Å². The van der Waals surface area contributed by atoms with Crippen LogP contribution in [0.2, 0.25) is 0 Å². The fourth-order valence-electron chi connectivity index (χ4n) is 2.33. The first kappa shape index (κ1) is 18.2. The van der Waals surface area contributed by atoms with Crippen molar-refractivity contribution >= 4 is 17.7 Å². The van der Waals surface area contributed by atoms with E-state index in [0.29, 0.717) is 35.6 Å². The second-order valence-electron chi connectivity index (χ2n) is 6.14. The topological polar surface area (TPSA) is 126 Å². The minimum Gasteiger partial charge on any atom is -0.459 e. The van der Waals surface area contributed by atoms with E-state index in [1.165, 1.54) is 11.8 Å². The van der Waals surface area contributed by atoms with Crippen LogP contribution in [0.25, 0.3) is 11.7 Å². The number of hydrogen-bond donors (Lipinski definition) is 1. The Morgan fingerprint density at radius 1 is 1.31 bits per heavy atom. The van der Waals surface area contributed by atoms with Crippen molar-refractivity contribution in [1.29, 1.82) is 0 Å². The van der Waals surface area contributed by atoms with E-state index < -0.39 is 0 Å². The van der Waals surface area contributed by atoms with Crippen molar-refractivity contribution < 1.29 is 13.6 Å². The lowest BCUT2D eigenvalue weighted by molar-refractivity contribution is -0.118. The minimum absolute atomic E-state index is 0.247. The average molecular weight is 376 g/mol. The molecule has 0 saturated heterocycles. The fourth-order valence-corrected chi connectivity index (χ4v) is 3.14. The molecule has 0 fully saturated rings. The van der Waals surface area contributed by atoms with E-state index in [9.17, 15) is 4.79 Å². The van der Waals surface area contributed by atoms with Gasteiger partial charge in [-0.2, -0.15) is 0 Å². The van der Waals surface area contributed by atoms with Gasteiger partial charge in [0.15, 0.2) is 10.9 Å². The number of furan rings is 1. The molecular weight excluding hydrogens is 356 g/mol. The van der Waals surface area contributed by atoms with Gasteiger partial charge in [0.2, 0.25) is 11.8 Å². The number of nitrogens with two attached hydrogens (primary N) is 1. The molecule has 3 rings (SSSR count). The van der Waals surface area contributed by atoms with Gasteiger partial charge in [-0.1, -0.05) is 25.6 Å². The van der Waals surface area contributed by atoms with E-state index in [4.69, 9.17) is 14.6 Å². The Balaban J connectivity index is 1.69. The van der Waals surface area contributed by atoms with E-state index in [1.54, 1.807) is 18.4 Å². The third-order valence-electron chi connectivity index (χ3n) is 3.46. The number of aromatic nitrogens is 5. The zero-order valence-electron chi connectivity index (χ0n) is 14.6. The van der Waals surface area contributed by atoms with Gasteiger partial charge in [-0.15, -0.1) is 20.4 Å². The number of hydrogen-bond acceptors (Lipinski definition) is 8. The normalized spacial score (nSPS) is 11.3. The molecule has 3 heterocycles.